The van der Waals surface area contributed by atoms with E-state index < -0.39 is 29.1 Å². The van der Waals surface area contributed by atoms with Crippen LogP contribution in [0.5, 0.6) is 0 Å². The average Bonchev–Trinajstić information content (AvgIpc) is 2.69. The molecule has 5 nitrogen and oxygen atoms in total. The molecule has 0 amide bonds. The molecule has 0 spiro atoms. The molecule has 0 saturated heterocycles. The predicted octanol–water partition coefficient (Wildman–Crippen LogP) is 3.29. The van der Waals surface area contributed by atoms with Crippen LogP contribution < -0.4 is 5.32 Å². The van der Waals surface area contributed by atoms with Crippen molar-refractivity contribution in [2.24, 2.45) is 0 Å². The highest BCUT2D eigenvalue weighted by atomic mass is 35.5. The van der Waals surface area contributed by atoms with E-state index in [9.17, 15) is 19.4 Å². The van der Waals surface area contributed by atoms with Crippen molar-refractivity contribution in [3.8, 4) is 0 Å². The monoisotopic (exact) mass is 436 g/mol. The van der Waals surface area contributed by atoms with Crippen LogP contribution in [0.2, 0.25) is 5.02 Å². The average molecular weight is 437 g/mol. The fourth-order valence-electron chi connectivity index (χ4n) is 4.31. The van der Waals surface area contributed by atoms with Crippen molar-refractivity contribution in [3.63, 3.8) is 0 Å². The first-order chi connectivity index (χ1) is 14.2. The maximum Gasteiger partial charge on any atom is 0.195 e. The summed E-state index contributed by atoms with van der Waals surface area (Å²) in [6.45, 7) is 0. The molecular weight excluding hydrogens is 414 g/mol. The molecule has 0 aliphatic heterocycles. The largest absolute Gasteiger partial charge is 0.393 e. The standard InChI is InChI=1S/C22H23ClF2N2O3/c23-18-10-14(24)5-3-13(18)4-6-19(29)21(25)7-8-22(30,27-15-11-16(28)12-15)20-17(21)2-1-9-26-20/h1-3,5,9-10,15-16,27-28,30H,4,6-8,11-12H2/t15?,16?,21-,22-/m0/s1. The molecule has 0 unspecified atom stereocenters. The van der Waals surface area contributed by atoms with Crippen molar-refractivity contribution >= 4 is 17.4 Å². The third-order valence-corrected chi connectivity index (χ3v) is 6.44. The maximum atomic E-state index is 16.0. The van der Waals surface area contributed by atoms with Gasteiger partial charge in [0.25, 0.3) is 0 Å². The van der Waals surface area contributed by atoms with Gasteiger partial charge in [-0.2, -0.15) is 0 Å². The number of fused-ring (bicyclic) bond motifs is 1. The molecule has 1 fully saturated rings. The number of benzene rings is 1. The third-order valence-electron chi connectivity index (χ3n) is 6.09. The molecule has 2 atom stereocenters. The fraction of sp³-hybridized carbons (Fsp3) is 0.455. The van der Waals surface area contributed by atoms with E-state index in [2.05, 4.69) is 10.3 Å². The van der Waals surface area contributed by atoms with Crippen LogP contribution in [0.15, 0.2) is 36.5 Å². The molecule has 2 aliphatic carbocycles. The Labute approximate surface area is 178 Å². The molecule has 2 aromatic rings. The number of nitrogens with one attached hydrogen (secondary N) is 1. The highest BCUT2D eigenvalue weighted by molar-refractivity contribution is 6.31. The number of halogens is 3. The van der Waals surface area contributed by atoms with E-state index in [0.29, 0.717) is 18.4 Å². The number of rotatable bonds is 6. The second kappa shape index (κ2) is 7.96. The maximum absolute atomic E-state index is 16.0. The molecular formula is C22H23ClF2N2O3. The Bertz CT molecular complexity index is 969. The SMILES string of the molecule is O=C(CCc1ccc(F)cc1Cl)[C@]1(F)CC[C@@](O)(NC2CC(O)C2)c2ncccc21. The quantitative estimate of drug-likeness (QED) is 0.605. The lowest BCUT2D eigenvalue weighted by atomic mass is 9.74. The van der Waals surface area contributed by atoms with Gasteiger partial charge in [-0.05, 0) is 55.9 Å². The minimum absolute atomic E-state index is 0.0246. The molecule has 8 heteroatoms. The summed E-state index contributed by atoms with van der Waals surface area (Å²) in [4.78, 5) is 17.1. The van der Waals surface area contributed by atoms with Gasteiger partial charge in [0.1, 0.15) is 5.82 Å². The van der Waals surface area contributed by atoms with Gasteiger partial charge in [0.2, 0.25) is 0 Å². The lowest BCUT2D eigenvalue weighted by Crippen LogP contribution is -2.57. The van der Waals surface area contributed by atoms with Crippen LogP contribution >= 0.6 is 11.6 Å². The first-order valence-electron chi connectivity index (χ1n) is 10.0. The molecule has 160 valence electrons. The Morgan fingerprint density at radius 3 is 2.77 bits per heavy atom. The van der Waals surface area contributed by atoms with Gasteiger partial charge in [0.15, 0.2) is 17.2 Å². The zero-order chi connectivity index (χ0) is 21.5. The molecule has 2 aliphatic rings. The van der Waals surface area contributed by atoms with Gasteiger partial charge in [-0.25, -0.2) is 8.78 Å². The number of ketones is 1. The number of pyridine rings is 1. The Balaban J connectivity index is 1.55. The van der Waals surface area contributed by atoms with Gasteiger partial charge >= 0.3 is 0 Å². The topological polar surface area (TPSA) is 82.5 Å². The van der Waals surface area contributed by atoms with Gasteiger partial charge in [-0.3, -0.25) is 15.1 Å². The number of Topliss-reactive ketones (excluding diaryl/α,β-unsaturated/α-hetero) is 1. The number of hydrogen-bond donors (Lipinski definition) is 3. The third kappa shape index (κ3) is 3.87. The van der Waals surface area contributed by atoms with E-state index in [-0.39, 0.29) is 48.0 Å². The highest BCUT2D eigenvalue weighted by Crippen LogP contribution is 2.46. The molecule has 1 saturated carbocycles. The number of aromatic nitrogens is 1. The van der Waals surface area contributed by atoms with E-state index in [1.54, 1.807) is 0 Å². The van der Waals surface area contributed by atoms with Gasteiger partial charge in [0, 0.05) is 29.2 Å². The van der Waals surface area contributed by atoms with Crippen LogP contribution in [0, 0.1) is 5.82 Å². The first-order valence-corrected chi connectivity index (χ1v) is 10.4. The summed E-state index contributed by atoms with van der Waals surface area (Å²) in [6.07, 6.45) is 1.90. The molecule has 4 rings (SSSR count). The molecule has 3 N–H and O–H groups in total. The van der Waals surface area contributed by atoms with Crippen molar-refractivity contribution in [3.05, 3.63) is 64.2 Å². The Morgan fingerprint density at radius 1 is 1.30 bits per heavy atom. The lowest BCUT2D eigenvalue weighted by Gasteiger charge is -2.44. The minimum atomic E-state index is -2.27. The highest BCUT2D eigenvalue weighted by Gasteiger charge is 2.52. The molecule has 1 aromatic carbocycles. The van der Waals surface area contributed by atoms with Crippen LogP contribution in [0.3, 0.4) is 0 Å². The Kier molecular flexibility index (Phi) is 5.66. The minimum Gasteiger partial charge on any atom is -0.393 e. The van der Waals surface area contributed by atoms with Gasteiger partial charge in [0.05, 0.1) is 11.8 Å². The van der Waals surface area contributed by atoms with E-state index in [1.165, 1.54) is 30.5 Å². The van der Waals surface area contributed by atoms with Crippen LogP contribution in [-0.2, 0) is 22.6 Å². The van der Waals surface area contributed by atoms with Gasteiger partial charge in [-0.15, -0.1) is 0 Å². The van der Waals surface area contributed by atoms with Crippen molar-refractivity contribution in [1.82, 2.24) is 10.3 Å². The van der Waals surface area contributed by atoms with Crippen LogP contribution in [-0.4, -0.2) is 33.1 Å². The fourth-order valence-corrected chi connectivity index (χ4v) is 4.57. The number of aryl methyl sites for hydroxylation is 1. The zero-order valence-corrected chi connectivity index (χ0v) is 17.0. The summed E-state index contributed by atoms with van der Waals surface area (Å²) in [5, 5.41) is 23.9. The number of carbonyl (C=O) groups excluding carboxylic acids is 1. The Hall–Kier alpha value is -1.93. The normalized spacial score (nSPS) is 30.4. The van der Waals surface area contributed by atoms with Crippen molar-refractivity contribution in [2.45, 2.75) is 62.1 Å². The molecule has 1 heterocycles. The number of aliphatic hydroxyl groups excluding tert-OH is 1. The number of alkyl halides is 1. The molecule has 30 heavy (non-hydrogen) atoms. The second-order valence-corrected chi connectivity index (χ2v) is 8.59. The summed E-state index contributed by atoms with van der Waals surface area (Å²) in [5.74, 6) is -1.10. The van der Waals surface area contributed by atoms with Crippen molar-refractivity contribution in [1.29, 1.82) is 0 Å². The van der Waals surface area contributed by atoms with Crippen LogP contribution in [0.1, 0.15) is 48.9 Å². The van der Waals surface area contributed by atoms with Crippen LogP contribution in [0.25, 0.3) is 0 Å². The number of nitrogens with zero attached hydrogens (tertiary/aromatic N) is 1. The second-order valence-electron chi connectivity index (χ2n) is 8.19. The first kappa shape index (κ1) is 21.3. The van der Waals surface area contributed by atoms with Gasteiger partial charge < -0.3 is 10.2 Å². The van der Waals surface area contributed by atoms with E-state index in [1.807, 2.05) is 0 Å². The Morgan fingerprint density at radius 2 is 2.07 bits per heavy atom. The van der Waals surface area contributed by atoms with Crippen LogP contribution in [0.4, 0.5) is 8.78 Å². The lowest BCUT2D eigenvalue weighted by molar-refractivity contribution is -0.136. The molecule has 0 radical (unpaired) electrons. The summed E-state index contributed by atoms with van der Waals surface area (Å²) in [6, 6.07) is 6.82. The number of hydrogen-bond acceptors (Lipinski definition) is 5. The van der Waals surface area contributed by atoms with E-state index in [4.69, 9.17) is 11.6 Å². The number of carbonyl (C=O) groups is 1. The van der Waals surface area contributed by atoms with Gasteiger partial charge in [-0.1, -0.05) is 23.7 Å². The summed E-state index contributed by atoms with van der Waals surface area (Å²) >= 11 is 6.02. The smallest absolute Gasteiger partial charge is 0.195 e. The molecule has 0 bridgehead atoms. The van der Waals surface area contributed by atoms with Crippen molar-refractivity contribution < 1.29 is 23.8 Å². The van der Waals surface area contributed by atoms with E-state index in [0.717, 1.165) is 6.07 Å². The summed E-state index contributed by atoms with van der Waals surface area (Å²) < 4.78 is 29.2. The predicted molar refractivity (Wildman–Crippen MR) is 107 cm³/mol. The number of aliphatic hydroxyl groups is 2. The molecule has 1 aromatic heterocycles. The van der Waals surface area contributed by atoms with E-state index >= 15 is 4.39 Å². The summed E-state index contributed by atoms with van der Waals surface area (Å²) in [7, 11) is 0. The zero-order valence-electron chi connectivity index (χ0n) is 16.2. The summed E-state index contributed by atoms with van der Waals surface area (Å²) in [5.41, 5.74) is -3.10. The van der Waals surface area contributed by atoms with Crippen molar-refractivity contribution in [2.75, 3.05) is 0 Å².